The molecule has 168 valence electrons. The number of halogens is 2. The lowest BCUT2D eigenvalue weighted by atomic mass is 9.94. The monoisotopic (exact) mass is 472 g/mol. The van der Waals surface area contributed by atoms with Gasteiger partial charge in [-0.05, 0) is 42.2 Å². The molecule has 0 N–H and O–H groups in total. The number of rotatable bonds is 6. The lowest BCUT2D eigenvalue weighted by Gasteiger charge is -2.35. The van der Waals surface area contributed by atoms with Crippen LogP contribution in [0.2, 0.25) is 0 Å². The van der Waals surface area contributed by atoms with E-state index in [0.29, 0.717) is 38.2 Å². The number of ether oxygens (including phenoxy) is 1. The summed E-state index contributed by atoms with van der Waals surface area (Å²) in [6.45, 7) is 4.18. The highest BCUT2D eigenvalue weighted by Crippen LogP contribution is 2.26. The smallest absolute Gasteiger partial charge is 0.323 e. The van der Waals surface area contributed by atoms with Gasteiger partial charge in [0, 0.05) is 25.8 Å². The third-order valence-electron chi connectivity index (χ3n) is 5.50. The van der Waals surface area contributed by atoms with Crippen molar-refractivity contribution in [2.24, 2.45) is 0 Å². The van der Waals surface area contributed by atoms with Crippen molar-refractivity contribution >= 4 is 30.8 Å². The number of carbonyl (C=O) groups excluding carboxylic acids is 1. The zero-order chi connectivity index (χ0) is 20.9. The van der Waals surface area contributed by atoms with Crippen LogP contribution in [0.3, 0.4) is 0 Å². The number of carbonyl (C=O) groups is 1. The van der Waals surface area contributed by atoms with E-state index >= 15 is 0 Å². The van der Waals surface area contributed by atoms with Crippen LogP contribution in [0, 0.1) is 11.3 Å². The van der Waals surface area contributed by atoms with Crippen molar-refractivity contribution in [2.75, 3.05) is 6.61 Å². The fourth-order valence-corrected chi connectivity index (χ4v) is 3.93. The lowest BCUT2D eigenvalue weighted by Crippen LogP contribution is -2.46. The summed E-state index contributed by atoms with van der Waals surface area (Å²) in [7, 11) is 0. The molecular weight excluding hydrogens is 447 g/mol. The fraction of sp³-hybridized carbons (Fsp3) is 0.292. The summed E-state index contributed by atoms with van der Waals surface area (Å²) >= 11 is 0. The van der Waals surface area contributed by atoms with E-state index < -0.39 is 0 Å². The van der Waals surface area contributed by atoms with E-state index in [1.54, 1.807) is 0 Å². The predicted octanol–water partition coefficient (Wildman–Crippen LogP) is 4.14. The van der Waals surface area contributed by atoms with E-state index in [1.807, 2.05) is 55.8 Å². The first-order valence-electron chi connectivity index (χ1n) is 10.1. The van der Waals surface area contributed by atoms with Gasteiger partial charge < -0.3 is 9.30 Å². The Bertz CT molecular complexity index is 1080. The van der Waals surface area contributed by atoms with Gasteiger partial charge in [-0.2, -0.15) is 5.26 Å². The summed E-state index contributed by atoms with van der Waals surface area (Å²) in [6, 6.07) is 17.7. The minimum absolute atomic E-state index is 0. The standard InChI is InChI=1S/C24H24N4O2.2ClH/c1-2-30-24(29)23-11-20-5-3-4-6-21(20)15-27(23)16-22-13-26-17-28(22)14-19-9-7-18(12-25)8-10-19;;/h3-10,13,17,23H,2,11,14-16H2,1H3;2*1H. The summed E-state index contributed by atoms with van der Waals surface area (Å²) < 4.78 is 7.45. The topological polar surface area (TPSA) is 71.2 Å². The summed E-state index contributed by atoms with van der Waals surface area (Å²) in [5, 5.41) is 8.98. The number of imidazole rings is 1. The number of benzene rings is 2. The maximum atomic E-state index is 12.7. The van der Waals surface area contributed by atoms with Crippen molar-refractivity contribution in [2.45, 2.75) is 39.0 Å². The molecule has 32 heavy (non-hydrogen) atoms. The van der Waals surface area contributed by atoms with Crippen LogP contribution < -0.4 is 0 Å². The zero-order valence-corrected chi connectivity index (χ0v) is 19.4. The van der Waals surface area contributed by atoms with Crippen LogP contribution in [0.25, 0.3) is 0 Å². The van der Waals surface area contributed by atoms with E-state index in [4.69, 9.17) is 10.00 Å². The number of hydrogen-bond donors (Lipinski definition) is 0. The molecule has 0 bridgehead atoms. The van der Waals surface area contributed by atoms with Gasteiger partial charge in [0.2, 0.25) is 0 Å². The van der Waals surface area contributed by atoms with Crippen molar-refractivity contribution in [1.82, 2.24) is 14.5 Å². The van der Waals surface area contributed by atoms with E-state index in [1.165, 1.54) is 11.1 Å². The summed E-state index contributed by atoms with van der Waals surface area (Å²) in [6.07, 6.45) is 4.32. The minimum Gasteiger partial charge on any atom is -0.465 e. The van der Waals surface area contributed by atoms with Gasteiger partial charge in [0.25, 0.3) is 0 Å². The molecule has 2 aromatic carbocycles. The highest BCUT2D eigenvalue weighted by molar-refractivity contribution is 5.85. The molecule has 1 aromatic heterocycles. The Morgan fingerprint density at radius 1 is 1.12 bits per heavy atom. The maximum absolute atomic E-state index is 12.7. The van der Waals surface area contributed by atoms with Gasteiger partial charge in [0.15, 0.2) is 0 Å². The summed E-state index contributed by atoms with van der Waals surface area (Å²) in [5.41, 5.74) is 5.23. The van der Waals surface area contributed by atoms with Gasteiger partial charge in [-0.1, -0.05) is 36.4 Å². The molecule has 1 unspecified atom stereocenters. The normalized spacial score (nSPS) is 14.9. The molecule has 2 heterocycles. The molecule has 1 atom stereocenters. The Hall–Kier alpha value is -2.85. The second kappa shape index (κ2) is 11.7. The first kappa shape index (κ1) is 25.4. The van der Waals surface area contributed by atoms with Crippen LogP contribution >= 0.6 is 24.8 Å². The molecule has 0 aliphatic carbocycles. The molecule has 0 fully saturated rings. The molecule has 0 saturated carbocycles. The summed E-state index contributed by atoms with van der Waals surface area (Å²) in [5.74, 6) is -0.176. The fourth-order valence-electron chi connectivity index (χ4n) is 3.93. The van der Waals surface area contributed by atoms with Gasteiger partial charge in [0.1, 0.15) is 6.04 Å². The van der Waals surface area contributed by atoms with Gasteiger partial charge in [-0.25, -0.2) is 4.98 Å². The lowest BCUT2D eigenvalue weighted by molar-refractivity contribution is -0.150. The van der Waals surface area contributed by atoms with Crippen molar-refractivity contribution < 1.29 is 9.53 Å². The van der Waals surface area contributed by atoms with Gasteiger partial charge in [-0.15, -0.1) is 24.8 Å². The third-order valence-corrected chi connectivity index (χ3v) is 5.50. The number of nitrogens with zero attached hydrogens (tertiary/aromatic N) is 4. The second-order valence-corrected chi connectivity index (χ2v) is 7.47. The van der Waals surface area contributed by atoms with Crippen LogP contribution in [0.5, 0.6) is 0 Å². The van der Waals surface area contributed by atoms with Crippen LogP contribution in [0.15, 0.2) is 61.1 Å². The molecule has 6 nitrogen and oxygen atoms in total. The maximum Gasteiger partial charge on any atom is 0.323 e. The van der Waals surface area contributed by atoms with Crippen LogP contribution in [-0.4, -0.2) is 33.1 Å². The molecule has 1 aliphatic heterocycles. The Morgan fingerprint density at radius 2 is 1.84 bits per heavy atom. The van der Waals surface area contributed by atoms with Crippen molar-refractivity contribution in [3.63, 3.8) is 0 Å². The molecule has 0 saturated heterocycles. The Balaban J connectivity index is 0.00000181. The molecule has 0 amide bonds. The van der Waals surface area contributed by atoms with Crippen molar-refractivity contribution in [1.29, 1.82) is 5.26 Å². The number of esters is 1. The Kier molecular flexibility index (Phi) is 9.27. The highest BCUT2D eigenvalue weighted by atomic mass is 35.5. The molecule has 4 rings (SSSR count). The molecule has 8 heteroatoms. The van der Waals surface area contributed by atoms with Gasteiger partial charge >= 0.3 is 5.97 Å². The first-order valence-corrected chi connectivity index (χ1v) is 10.1. The highest BCUT2D eigenvalue weighted by Gasteiger charge is 2.33. The second-order valence-electron chi connectivity index (χ2n) is 7.47. The average molecular weight is 473 g/mol. The number of nitriles is 1. The van der Waals surface area contributed by atoms with Crippen LogP contribution in [-0.2, 0) is 35.6 Å². The first-order chi connectivity index (χ1) is 14.7. The SMILES string of the molecule is CCOC(=O)C1Cc2ccccc2CN1Cc1cncn1Cc1ccc(C#N)cc1.Cl.Cl. The molecule has 0 radical (unpaired) electrons. The Labute approximate surface area is 200 Å². The van der Waals surface area contributed by atoms with E-state index in [-0.39, 0.29) is 36.8 Å². The zero-order valence-electron chi connectivity index (χ0n) is 17.8. The third kappa shape index (κ3) is 5.68. The number of hydrogen-bond acceptors (Lipinski definition) is 5. The molecule has 3 aromatic rings. The number of fused-ring (bicyclic) bond motifs is 1. The molecule has 1 aliphatic rings. The van der Waals surface area contributed by atoms with E-state index in [2.05, 4.69) is 32.7 Å². The van der Waals surface area contributed by atoms with Crippen LogP contribution in [0.1, 0.15) is 34.9 Å². The largest absolute Gasteiger partial charge is 0.465 e. The molecular formula is C24H26Cl2N4O2. The van der Waals surface area contributed by atoms with Gasteiger partial charge in [0.05, 0.1) is 30.3 Å². The quantitative estimate of drug-likeness (QED) is 0.504. The predicted molar refractivity (Wildman–Crippen MR) is 127 cm³/mol. The van der Waals surface area contributed by atoms with Gasteiger partial charge in [-0.3, -0.25) is 9.69 Å². The minimum atomic E-state index is -0.307. The van der Waals surface area contributed by atoms with E-state index in [0.717, 1.165) is 11.3 Å². The average Bonchev–Trinajstić information content (AvgIpc) is 3.20. The Morgan fingerprint density at radius 3 is 2.53 bits per heavy atom. The van der Waals surface area contributed by atoms with Crippen LogP contribution in [0.4, 0.5) is 0 Å². The number of aromatic nitrogens is 2. The molecule has 0 spiro atoms. The van der Waals surface area contributed by atoms with Crippen molar-refractivity contribution in [3.05, 3.63) is 89.0 Å². The van der Waals surface area contributed by atoms with Crippen molar-refractivity contribution in [3.8, 4) is 6.07 Å². The van der Waals surface area contributed by atoms with E-state index in [9.17, 15) is 4.79 Å². The summed E-state index contributed by atoms with van der Waals surface area (Å²) in [4.78, 5) is 19.2.